The van der Waals surface area contributed by atoms with Crippen molar-refractivity contribution in [2.75, 3.05) is 6.61 Å². The van der Waals surface area contributed by atoms with Gasteiger partial charge >= 0.3 is 5.30 Å². The monoisotopic (exact) mass is 263 g/mol. The summed E-state index contributed by atoms with van der Waals surface area (Å²) in [6.45, 7) is 2.32. The van der Waals surface area contributed by atoms with E-state index in [1.54, 1.807) is 12.5 Å². The predicted molar refractivity (Wildman–Crippen MR) is 73.4 cm³/mol. The van der Waals surface area contributed by atoms with Gasteiger partial charge in [-0.25, -0.2) is 4.98 Å². The molecule has 0 radical (unpaired) electrons. The Bertz CT molecular complexity index is 511. The molecule has 1 aromatic heterocycles. The third-order valence-electron chi connectivity index (χ3n) is 2.39. The zero-order valence-corrected chi connectivity index (χ0v) is 10.9. The van der Waals surface area contributed by atoms with Crippen LogP contribution in [-0.4, -0.2) is 26.3 Å². The van der Waals surface area contributed by atoms with E-state index in [1.165, 1.54) is 11.8 Å². The average molecular weight is 263 g/mol. The maximum Gasteiger partial charge on any atom is 0.550 e. The van der Waals surface area contributed by atoms with Crippen molar-refractivity contribution in [3.8, 4) is 5.69 Å². The lowest BCUT2D eigenvalue weighted by Crippen LogP contribution is -2.01. The number of hydrogen-bond acceptors (Lipinski definition) is 3. The van der Waals surface area contributed by atoms with E-state index in [2.05, 4.69) is 4.98 Å². The first-order valence-electron chi connectivity index (χ1n) is 5.69. The first kappa shape index (κ1) is 12.7. The molecule has 1 heterocycles. The minimum absolute atomic E-state index is 0.0120. The normalized spacial score (nSPS) is 10.3. The van der Waals surface area contributed by atoms with Crippen LogP contribution < -0.4 is 0 Å². The number of hydrogen-bond donors (Lipinski definition) is 0. The number of rotatable bonds is 4. The van der Waals surface area contributed by atoms with E-state index in [0.717, 1.165) is 11.3 Å². The average Bonchev–Trinajstić information content (AvgIpc) is 2.91. The van der Waals surface area contributed by atoms with E-state index >= 15 is 0 Å². The quantitative estimate of drug-likeness (QED) is 0.629. The van der Waals surface area contributed by atoms with Gasteiger partial charge in [-0.1, -0.05) is 18.2 Å². The van der Waals surface area contributed by atoms with Crippen LogP contribution in [0.15, 0.2) is 43.0 Å². The van der Waals surface area contributed by atoms with Crippen LogP contribution in [0.2, 0.25) is 0 Å². The van der Waals surface area contributed by atoms with Crippen molar-refractivity contribution in [1.29, 1.82) is 0 Å². The largest absolute Gasteiger partial charge is 0.550 e. The summed E-state index contributed by atoms with van der Waals surface area (Å²) >= 11 is 1.28. The third-order valence-corrected chi connectivity index (χ3v) is 3.21. The standard InChI is InChI=1S/C13H14N2O2S/c1-2-17-13(16)18-9-11-5-3-4-6-12(11)15-8-7-14-10-15/h3-8,10H,2,9H2,1H3/p+1. The molecule has 4 nitrogen and oxygen atoms in total. The van der Waals surface area contributed by atoms with Gasteiger partial charge in [0.15, 0.2) is 6.61 Å². The Morgan fingerprint density at radius 3 is 3.00 bits per heavy atom. The highest BCUT2D eigenvalue weighted by Crippen LogP contribution is 2.20. The van der Waals surface area contributed by atoms with Crippen LogP contribution in [0.25, 0.3) is 5.69 Å². The summed E-state index contributed by atoms with van der Waals surface area (Å²) < 4.78 is 6.96. The fourth-order valence-electron chi connectivity index (χ4n) is 1.59. The third kappa shape index (κ3) is 3.13. The number of aromatic nitrogens is 2. The Labute approximate surface area is 110 Å². The lowest BCUT2D eigenvalue weighted by atomic mass is 10.2. The second-order valence-corrected chi connectivity index (χ2v) is 4.51. The molecule has 0 fully saturated rings. The van der Waals surface area contributed by atoms with Crippen molar-refractivity contribution >= 4 is 17.1 Å². The molecule has 5 heteroatoms. The SMILES string of the molecule is CCOC(=[OH+])SCc1ccccc1-n1ccnc1. The molecule has 0 bridgehead atoms. The van der Waals surface area contributed by atoms with E-state index < -0.39 is 0 Å². The number of carbonyl (C=O) groups excluding carboxylic acids is 1. The van der Waals surface area contributed by atoms with E-state index in [-0.39, 0.29) is 5.30 Å². The molecule has 94 valence electrons. The van der Waals surface area contributed by atoms with Gasteiger partial charge in [-0.3, -0.25) is 0 Å². The van der Waals surface area contributed by atoms with Gasteiger partial charge in [-0.05, 0) is 18.6 Å². The van der Waals surface area contributed by atoms with E-state index in [0.29, 0.717) is 12.4 Å². The molecule has 2 aromatic rings. The zero-order valence-electron chi connectivity index (χ0n) is 10.1. The highest BCUT2D eigenvalue weighted by Gasteiger charge is 2.13. The lowest BCUT2D eigenvalue weighted by Gasteiger charge is -2.07. The topological polar surface area (TPSA) is 48.5 Å². The van der Waals surface area contributed by atoms with Crippen LogP contribution >= 0.6 is 11.8 Å². The Kier molecular flexibility index (Phi) is 4.41. The zero-order chi connectivity index (χ0) is 12.8. The van der Waals surface area contributed by atoms with Gasteiger partial charge in [0.05, 0.1) is 12.0 Å². The van der Waals surface area contributed by atoms with Crippen molar-refractivity contribution in [2.45, 2.75) is 12.7 Å². The van der Waals surface area contributed by atoms with Gasteiger partial charge in [0.2, 0.25) is 0 Å². The number of para-hydroxylation sites is 1. The number of thioether (sulfide) groups is 1. The second-order valence-electron chi connectivity index (χ2n) is 3.59. The smallest absolute Gasteiger partial charge is 0.330 e. The Balaban J connectivity index is 2.11. The number of benzene rings is 1. The molecule has 0 saturated heterocycles. The Hall–Kier alpha value is -1.75. The van der Waals surface area contributed by atoms with Crippen LogP contribution in [0, 0.1) is 0 Å². The number of ether oxygens (including phenoxy) is 1. The van der Waals surface area contributed by atoms with Crippen molar-refractivity contribution in [2.24, 2.45) is 0 Å². The highest BCUT2D eigenvalue weighted by atomic mass is 32.2. The van der Waals surface area contributed by atoms with Gasteiger partial charge in [0.25, 0.3) is 0 Å². The minimum Gasteiger partial charge on any atom is -0.330 e. The molecule has 18 heavy (non-hydrogen) atoms. The summed E-state index contributed by atoms with van der Waals surface area (Å²) in [5.74, 6) is 0.653. The predicted octanol–water partition coefficient (Wildman–Crippen LogP) is 2.60. The molecule has 0 aliphatic carbocycles. The molecule has 0 saturated carbocycles. The van der Waals surface area contributed by atoms with Crippen LogP contribution in [0.5, 0.6) is 0 Å². The summed E-state index contributed by atoms with van der Waals surface area (Å²) in [7, 11) is 0. The van der Waals surface area contributed by atoms with Crippen molar-refractivity contribution in [3.05, 3.63) is 48.5 Å². The molecule has 0 spiro atoms. The van der Waals surface area contributed by atoms with E-state index in [9.17, 15) is 4.79 Å². The number of imidazole rings is 1. The summed E-state index contributed by atoms with van der Waals surface area (Å²) in [5.41, 5.74) is 2.18. The summed E-state index contributed by atoms with van der Waals surface area (Å²) in [6.07, 6.45) is 5.40. The first-order valence-corrected chi connectivity index (χ1v) is 6.67. The molecule has 0 aliphatic rings. The summed E-state index contributed by atoms with van der Waals surface area (Å²) in [5, 5.41) is 0.0120. The Morgan fingerprint density at radius 1 is 1.44 bits per heavy atom. The van der Waals surface area contributed by atoms with Crippen LogP contribution in [0.1, 0.15) is 12.5 Å². The summed E-state index contributed by atoms with van der Waals surface area (Å²) in [6, 6.07) is 8.01. The molecule has 0 aliphatic heterocycles. The van der Waals surface area contributed by atoms with Gasteiger partial charge < -0.3 is 14.1 Å². The molecular formula is C13H15N2O2S+. The molecule has 1 N–H and O–H groups in total. The molecule has 0 amide bonds. The van der Waals surface area contributed by atoms with Crippen molar-refractivity contribution < 1.29 is 9.53 Å². The fraction of sp³-hybridized carbons (Fsp3) is 0.231. The number of nitrogens with zero attached hydrogens (tertiary/aromatic N) is 2. The second kappa shape index (κ2) is 6.26. The molecule has 1 aromatic carbocycles. The molecular weight excluding hydrogens is 248 g/mol. The van der Waals surface area contributed by atoms with Crippen LogP contribution in [-0.2, 0) is 10.5 Å². The molecule has 2 rings (SSSR count). The maximum absolute atomic E-state index is 9.47. The first-order chi connectivity index (χ1) is 8.81. The Morgan fingerprint density at radius 2 is 2.28 bits per heavy atom. The minimum atomic E-state index is 0.0120. The highest BCUT2D eigenvalue weighted by molar-refractivity contribution is 8.12. The fourth-order valence-corrected chi connectivity index (χ4v) is 2.32. The van der Waals surface area contributed by atoms with E-state index in [1.807, 2.05) is 42.0 Å². The molecule has 0 atom stereocenters. The summed E-state index contributed by atoms with van der Waals surface area (Å²) in [4.78, 5) is 13.5. The van der Waals surface area contributed by atoms with Crippen LogP contribution in [0.3, 0.4) is 0 Å². The van der Waals surface area contributed by atoms with Gasteiger partial charge in [-0.2, -0.15) is 0 Å². The maximum atomic E-state index is 9.47. The van der Waals surface area contributed by atoms with Gasteiger partial charge in [0.1, 0.15) is 0 Å². The van der Waals surface area contributed by atoms with Crippen molar-refractivity contribution in [3.63, 3.8) is 0 Å². The van der Waals surface area contributed by atoms with E-state index in [4.69, 9.17) is 4.74 Å². The van der Waals surface area contributed by atoms with Crippen molar-refractivity contribution in [1.82, 2.24) is 9.55 Å². The van der Waals surface area contributed by atoms with Gasteiger partial charge in [0, 0.05) is 29.9 Å². The van der Waals surface area contributed by atoms with Crippen LogP contribution in [0.4, 0.5) is 0 Å². The van der Waals surface area contributed by atoms with Gasteiger partial charge in [-0.15, -0.1) is 0 Å². The lowest BCUT2D eigenvalue weighted by molar-refractivity contribution is 0.306. The molecule has 0 unspecified atom stereocenters.